The van der Waals surface area contributed by atoms with E-state index in [2.05, 4.69) is 20.9 Å². The zero-order chi connectivity index (χ0) is 17.0. The molecule has 3 N–H and O–H groups in total. The van der Waals surface area contributed by atoms with E-state index < -0.39 is 5.54 Å². The molecule has 122 valence electrons. The molecular formula is C16H20N4O2S. The van der Waals surface area contributed by atoms with E-state index in [9.17, 15) is 9.59 Å². The largest absolute Gasteiger partial charge is 0.355 e. The Morgan fingerprint density at radius 3 is 2.61 bits per heavy atom. The molecule has 1 heterocycles. The fourth-order valence-electron chi connectivity index (χ4n) is 2.03. The Morgan fingerprint density at radius 2 is 2.00 bits per heavy atom. The van der Waals surface area contributed by atoms with Gasteiger partial charge in [0, 0.05) is 29.4 Å². The van der Waals surface area contributed by atoms with E-state index >= 15 is 0 Å². The van der Waals surface area contributed by atoms with Gasteiger partial charge in [0.25, 0.3) is 5.91 Å². The van der Waals surface area contributed by atoms with E-state index in [-0.39, 0.29) is 11.9 Å². The summed E-state index contributed by atoms with van der Waals surface area (Å²) in [6, 6.07) is 6.41. The highest BCUT2D eigenvalue weighted by Crippen LogP contribution is 2.24. The van der Waals surface area contributed by atoms with Gasteiger partial charge in [-0.05, 0) is 39.0 Å². The summed E-state index contributed by atoms with van der Waals surface area (Å²) in [5, 5.41) is 9.02. The smallest absolute Gasteiger partial charge is 0.319 e. The van der Waals surface area contributed by atoms with Crippen molar-refractivity contribution in [1.82, 2.24) is 15.6 Å². The quantitative estimate of drug-likeness (QED) is 0.805. The molecular weight excluding hydrogens is 312 g/mol. The molecule has 2 rings (SSSR count). The molecule has 0 saturated carbocycles. The van der Waals surface area contributed by atoms with Crippen molar-refractivity contribution in [2.24, 2.45) is 0 Å². The lowest BCUT2D eigenvalue weighted by Crippen LogP contribution is -2.43. The minimum atomic E-state index is -0.582. The van der Waals surface area contributed by atoms with Gasteiger partial charge in [0.1, 0.15) is 5.01 Å². The first-order valence-electron chi connectivity index (χ1n) is 7.16. The fraction of sp³-hybridized carbons (Fsp3) is 0.312. The first kappa shape index (κ1) is 17.0. The van der Waals surface area contributed by atoms with E-state index in [1.54, 1.807) is 48.8 Å². The first-order valence-corrected chi connectivity index (χ1v) is 7.97. The molecule has 0 aliphatic heterocycles. The molecule has 6 nitrogen and oxygen atoms in total. The molecule has 0 aliphatic rings. The van der Waals surface area contributed by atoms with Crippen LogP contribution in [0.15, 0.2) is 30.5 Å². The van der Waals surface area contributed by atoms with Crippen LogP contribution >= 0.6 is 11.3 Å². The fourth-order valence-corrected chi connectivity index (χ4v) is 2.85. The van der Waals surface area contributed by atoms with Crippen LogP contribution in [0.2, 0.25) is 0 Å². The normalized spacial score (nSPS) is 11.0. The highest BCUT2D eigenvalue weighted by molar-refractivity contribution is 7.11. The van der Waals surface area contributed by atoms with Crippen LogP contribution in [0.25, 0.3) is 0 Å². The van der Waals surface area contributed by atoms with Gasteiger partial charge in [-0.1, -0.05) is 6.07 Å². The molecule has 0 spiro atoms. The van der Waals surface area contributed by atoms with Gasteiger partial charge in [-0.15, -0.1) is 11.3 Å². The third-order valence-electron chi connectivity index (χ3n) is 3.19. The van der Waals surface area contributed by atoms with E-state index in [1.807, 2.05) is 20.8 Å². The van der Waals surface area contributed by atoms with Crippen molar-refractivity contribution in [3.05, 3.63) is 45.9 Å². The van der Waals surface area contributed by atoms with Crippen molar-refractivity contribution in [1.29, 1.82) is 0 Å². The number of aryl methyl sites for hydroxylation is 1. The van der Waals surface area contributed by atoms with Crippen LogP contribution in [0.3, 0.4) is 0 Å². The summed E-state index contributed by atoms with van der Waals surface area (Å²) < 4.78 is 0. The number of benzene rings is 1. The number of nitrogens with one attached hydrogen (secondary N) is 3. The lowest BCUT2D eigenvalue weighted by molar-refractivity contribution is 0.0963. The Hall–Kier alpha value is -2.41. The molecule has 2 aromatic rings. The summed E-state index contributed by atoms with van der Waals surface area (Å²) in [6.07, 6.45) is 1.79. The number of rotatable bonds is 4. The Bertz CT molecular complexity index is 724. The van der Waals surface area contributed by atoms with E-state index in [0.29, 0.717) is 11.3 Å². The minimum Gasteiger partial charge on any atom is -0.355 e. The number of thiazole rings is 1. The van der Waals surface area contributed by atoms with Crippen LogP contribution in [0.5, 0.6) is 0 Å². The van der Waals surface area contributed by atoms with Crippen molar-refractivity contribution >= 4 is 29.0 Å². The number of anilines is 1. The minimum absolute atomic E-state index is 0.201. The van der Waals surface area contributed by atoms with Crippen LogP contribution in [0.4, 0.5) is 10.5 Å². The standard InChI is InChI=1S/C16H20N4O2S/c1-10-9-18-14(23-10)16(2,3)20-15(22)19-12-7-5-6-11(8-12)13(21)17-4/h5-9H,1-4H3,(H,17,21)(H2,19,20,22). The molecule has 3 amide bonds. The second-order valence-electron chi connectivity index (χ2n) is 5.64. The summed E-state index contributed by atoms with van der Waals surface area (Å²) in [7, 11) is 1.56. The lowest BCUT2D eigenvalue weighted by atomic mass is 10.1. The van der Waals surface area contributed by atoms with Crippen molar-refractivity contribution in [3.63, 3.8) is 0 Å². The number of aromatic nitrogens is 1. The molecule has 0 atom stereocenters. The van der Waals surface area contributed by atoms with Gasteiger partial charge in [0.2, 0.25) is 0 Å². The molecule has 1 aromatic heterocycles. The van der Waals surface area contributed by atoms with E-state index in [0.717, 1.165) is 9.88 Å². The molecule has 1 aromatic carbocycles. The average Bonchev–Trinajstić information content (AvgIpc) is 2.93. The second-order valence-corrected chi connectivity index (χ2v) is 6.87. The molecule has 0 unspecified atom stereocenters. The van der Waals surface area contributed by atoms with Gasteiger partial charge in [0.05, 0.1) is 5.54 Å². The van der Waals surface area contributed by atoms with Crippen LogP contribution in [-0.2, 0) is 5.54 Å². The number of amides is 3. The van der Waals surface area contributed by atoms with Gasteiger partial charge < -0.3 is 16.0 Å². The maximum atomic E-state index is 12.2. The molecule has 0 bridgehead atoms. The van der Waals surface area contributed by atoms with Gasteiger partial charge in [0.15, 0.2) is 0 Å². The molecule has 23 heavy (non-hydrogen) atoms. The highest BCUT2D eigenvalue weighted by atomic mass is 32.1. The van der Waals surface area contributed by atoms with Gasteiger partial charge in [-0.3, -0.25) is 4.79 Å². The monoisotopic (exact) mass is 332 g/mol. The number of carbonyl (C=O) groups is 2. The Kier molecular flexibility index (Phi) is 5.00. The number of carbonyl (C=O) groups excluding carboxylic acids is 2. The molecule has 0 aliphatic carbocycles. The molecule has 0 radical (unpaired) electrons. The molecule has 7 heteroatoms. The zero-order valence-corrected chi connectivity index (χ0v) is 14.4. The summed E-state index contributed by atoms with van der Waals surface area (Å²) in [5.74, 6) is -0.201. The van der Waals surface area contributed by atoms with Gasteiger partial charge in [-0.25, -0.2) is 9.78 Å². The number of urea groups is 1. The van der Waals surface area contributed by atoms with Crippen molar-refractivity contribution in [2.45, 2.75) is 26.3 Å². The maximum absolute atomic E-state index is 12.2. The maximum Gasteiger partial charge on any atom is 0.319 e. The van der Waals surface area contributed by atoms with Gasteiger partial charge >= 0.3 is 6.03 Å². The van der Waals surface area contributed by atoms with Crippen molar-refractivity contribution in [3.8, 4) is 0 Å². The average molecular weight is 332 g/mol. The molecule has 0 fully saturated rings. The van der Waals surface area contributed by atoms with Crippen LogP contribution < -0.4 is 16.0 Å². The third-order valence-corrected chi connectivity index (χ3v) is 4.43. The third kappa shape index (κ3) is 4.29. The number of hydrogen-bond acceptors (Lipinski definition) is 4. The van der Waals surface area contributed by atoms with Crippen LogP contribution in [-0.4, -0.2) is 24.0 Å². The topological polar surface area (TPSA) is 83.1 Å². The van der Waals surface area contributed by atoms with Crippen LogP contribution in [0.1, 0.15) is 34.1 Å². The Morgan fingerprint density at radius 1 is 1.26 bits per heavy atom. The number of nitrogens with zero attached hydrogens (tertiary/aromatic N) is 1. The predicted molar refractivity (Wildman–Crippen MR) is 91.9 cm³/mol. The van der Waals surface area contributed by atoms with Crippen molar-refractivity contribution < 1.29 is 9.59 Å². The van der Waals surface area contributed by atoms with Crippen molar-refractivity contribution in [2.75, 3.05) is 12.4 Å². The zero-order valence-electron chi connectivity index (χ0n) is 13.6. The Labute approximate surface area is 139 Å². The summed E-state index contributed by atoms with van der Waals surface area (Å²) in [5.41, 5.74) is 0.455. The highest BCUT2D eigenvalue weighted by Gasteiger charge is 2.26. The first-order chi connectivity index (χ1) is 10.8. The van der Waals surface area contributed by atoms with Crippen LogP contribution in [0, 0.1) is 6.92 Å². The van der Waals surface area contributed by atoms with Gasteiger partial charge in [-0.2, -0.15) is 0 Å². The second kappa shape index (κ2) is 6.78. The number of hydrogen-bond donors (Lipinski definition) is 3. The van der Waals surface area contributed by atoms with E-state index in [4.69, 9.17) is 0 Å². The van der Waals surface area contributed by atoms with E-state index in [1.165, 1.54) is 0 Å². The lowest BCUT2D eigenvalue weighted by Gasteiger charge is -2.24. The summed E-state index contributed by atoms with van der Waals surface area (Å²) in [6.45, 7) is 5.76. The SMILES string of the molecule is CNC(=O)c1cccc(NC(=O)NC(C)(C)c2ncc(C)s2)c1. The summed E-state index contributed by atoms with van der Waals surface area (Å²) in [4.78, 5) is 29.2. The Balaban J connectivity index is 2.06. The predicted octanol–water partition coefficient (Wildman–Crippen LogP) is 2.87. The molecule has 0 saturated heterocycles. The summed E-state index contributed by atoms with van der Waals surface area (Å²) >= 11 is 1.55.